The Balaban J connectivity index is 1.36. The first-order valence-electron chi connectivity index (χ1n) is 11.5. The number of dihydropyridines is 1. The van der Waals surface area contributed by atoms with Crippen molar-refractivity contribution in [3.8, 4) is 0 Å². The topological polar surface area (TPSA) is 108 Å². The molecule has 9 heteroatoms. The molecule has 0 aliphatic carbocycles. The molecule has 0 aromatic carbocycles. The third-order valence-corrected chi connectivity index (χ3v) is 9.22. The molecule has 2 fully saturated rings. The molecular formula is C23H33N7OS. The zero-order valence-electron chi connectivity index (χ0n) is 18.6. The number of nitrogens with zero attached hydrogens (tertiary/aromatic N) is 4. The summed E-state index contributed by atoms with van der Waals surface area (Å²) < 4.78 is 12.4. The van der Waals surface area contributed by atoms with Gasteiger partial charge >= 0.3 is 0 Å². The lowest BCUT2D eigenvalue weighted by Crippen LogP contribution is -2.73. The summed E-state index contributed by atoms with van der Waals surface area (Å²) in [5.74, 6) is 5.76. The summed E-state index contributed by atoms with van der Waals surface area (Å²) >= 11 is 0. The molecule has 0 amide bonds. The van der Waals surface area contributed by atoms with Gasteiger partial charge in [-0.15, -0.1) is 0 Å². The Morgan fingerprint density at radius 2 is 2.12 bits per heavy atom. The third-order valence-electron chi connectivity index (χ3n) is 7.26. The summed E-state index contributed by atoms with van der Waals surface area (Å²) in [5, 5.41) is 14.0. The molecule has 5 rings (SSSR count). The van der Waals surface area contributed by atoms with Crippen molar-refractivity contribution in [2.75, 3.05) is 25.1 Å². The quantitative estimate of drug-likeness (QED) is 0.575. The monoisotopic (exact) mass is 455 g/mol. The minimum atomic E-state index is -1.92. The van der Waals surface area contributed by atoms with Crippen LogP contribution in [0.3, 0.4) is 0 Å². The molecule has 4 aliphatic heterocycles. The number of aliphatic imine (C=N–C) groups is 1. The Bertz CT molecular complexity index is 1020. The van der Waals surface area contributed by atoms with Crippen LogP contribution < -0.4 is 16.4 Å². The molecule has 32 heavy (non-hydrogen) atoms. The fraction of sp³-hybridized carbons (Fsp3) is 0.565. The summed E-state index contributed by atoms with van der Waals surface area (Å²) in [6.45, 7) is 0.853. The van der Waals surface area contributed by atoms with Crippen molar-refractivity contribution in [1.82, 2.24) is 20.6 Å². The lowest BCUT2D eigenvalue weighted by Gasteiger charge is -2.50. The van der Waals surface area contributed by atoms with Crippen LogP contribution in [0.15, 0.2) is 34.5 Å². The highest BCUT2D eigenvalue weighted by molar-refractivity contribution is 8.00. The molecule has 0 saturated carbocycles. The van der Waals surface area contributed by atoms with E-state index in [1.165, 1.54) is 0 Å². The molecule has 8 nitrogen and oxygen atoms in total. The highest BCUT2D eigenvalue weighted by atomic mass is 32.2. The molecule has 0 bridgehead atoms. The van der Waals surface area contributed by atoms with Gasteiger partial charge in [0.2, 0.25) is 0 Å². The highest BCUT2D eigenvalue weighted by Gasteiger charge is 2.48. The minimum absolute atomic E-state index is 0.00592. The smallest absolute Gasteiger partial charge is 0.115 e. The van der Waals surface area contributed by atoms with Crippen LogP contribution in [-0.4, -0.2) is 82.0 Å². The fourth-order valence-corrected chi connectivity index (χ4v) is 7.08. The number of hydrogen-bond donors (Lipinski definition) is 3. The van der Waals surface area contributed by atoms with E-state index in [2.05, 4.69) is 44.7 Å². The third kappa shape index (κ3) is 4.03. The number of hydrogen-bond acceptors (Lipinski definition) is 8. The number of fused-ring (bicyclic) bond motifs is 1. The van der Waals surface area contributed by atoms with Crippen molar-refractivity contribution in [3.05, 3.63) is 35.7 Å². The molecule has 0 spiro atoms. The maximum absolute atomic E-state index is 12.4. The first kappa shape index (κ1) is 21.8. The van der Waals surface area contributed by atoms with Crippen molar-refractivity contribution in [2.24, 2.45) is 21.7 Å². The second kappa shape index (κ2) is 8.70. The Morgan fingerprint density at radius 1 is 1.31 bits per heavy atom. The summed E-state index contributed by atoms with van der Waals surface area (Å²) in [7, 11) is 0.0197. The minimum Gasteiger partial charge on any atom is -0.323 e. The van der Waals surface area contributed by atoms with Crippen LogP contribution >= 0.6 is 0 Å². The van der Waals surface area contributed by atoms with Crippen LogP contribution in [0.2, 0.25) is 0 Å². The van der Waals surface area contributed by atoms with Gasteiger partial charge in [-0.3, -0.25) is 29.8 Å². The lowest BCUT2D eigenvalue weighted by molar-refractivity contribution is 0.0109. The predicted molar refractivity (Wildman–Crippen MR) is 133 cm³/mol. The van der Waals surface area contributed by atoms with Crippen LogP contribution in [0.25, 0.3) is 5.57 Å². The fourth-order valence-electron chi connectivity index (χ4n) is 5.41. The zero-order valence-corrected chi connectivity index (χ0v) is 19.4. The van der Waals surface area contributed by atoms with Crippen LogP contribution in [0.4, 0.5) is 0 Å². The van der Waals surface area contributed by atoms with E-state index in [4.69, 9.17) is 15.8 Å². The maximum Gasteiger partial charge on any atom is 0.115 e. The van der Waals surface area contributed by atoms with E-state index in [0.29, 0.717) is 17.4 Å². The normalized spacial score (nSPS) is 39.1. The number of pyridine rings is 1. The number of likely N-dealkylation sites (N-methyl/N-ethyl adjacent to an activating group) is 1. The molecule has 1 aromatic heterocycles. The van der Waals surface area contributed by atoms with Gasteiger partial charge < -0.3 is 5.73 Å². The van der Waals surface area contributed by atoms with E-state index >= 15 is 0 Å². The number of allylic oxidation sites excluding steroid dienone is 1. The van der Waals surface area contributed by atoms with E-state index in [1.54, 1.807) is 0 Å². The Labute approximate surface area is 190 Å². The van der Waals surface area contributed by atoms with E-state index in [-0.39, 0.29) is 30.3 Å². The van der Waals surface area contributed by atoms with Gasteiger partial charge in [-0.05, 0) is 59.3 Å². The van der Waals surface area contributed by atoms with E-state index in [0.717, 1.165) is 42.6 Å². The highest BCUT2D eigenvalue weighted by Crippen LogP contribution is 2.35. The SMILES string of the molecule is C=S1(=O)CCC(C2N[C@H]3C(c4ccc(C5=CCCN=C5)nc4)C=NN3C(NC)C2N)CC1. The Kier molecular flexibility index (Phi) is 5.92. The van der Waals surface area contributed by atoms with Crippen LogP contribution in [0.1, 0.15) is 36.4 Å². The van der Waals surface area contributed by atoms with Gasteiger partial charge in [0.05, 0.1) is 17.7 Å². The summed E-state index contributed by atoms with van der Waals surface area (Å²) in [6.07, 6.45) is 10.8. The van der Waals surface area contributed by atoms with Crippen molar-refractivity contribution in [2.45, 2.75) is 49.6 Å². The summed E-state index contributed by atoms with van der Waals surface area (Å²) in [4.78, 5) is 9.08. The molecule has 2 saturated heterocycles. The van der Waals surface area contributed by atoms with E-state index in [1.807, 2.05) is 25.7 Å². The van der Waals surface area contributed by atoms with Crippen molar-refractivity contribution < 1.29 is 4.21 Å². The Hall–Kier alpha value is -2.07. The van der Waals surface area contributed by atoms with Gasteiger partial charge in [-0.2, -0.15) is 5.10 Å². The molecule has 4 N–H and O–H groups in total. The van der Waals surface area contributed by atoms with Gasteiger partial charge in [0, 0.05) is 48.3 Å². The molecule has 0 radical (unpaired) electrons. The lowest BCUT2D eigenvalue weighted by atomic mass is 9.84. The average Bonchev–Trinajstić information content (AvgIpc) is 3.23. The number of nitrogens with one attached hydrogen (secondary N) is 2. The van der Waals surface area contributed by atoms with Crippen molar-refractivity contribution in [1.29, 1.82) is 0 Å². The first-order valence-corrected chi connectivity index (χ1v) is 13.5. The van der Waals surface area contributed by atoms with Gasteiger partial charge in [-0.1, -0.05) is 12.1 Å². The second-order valence-electron chi connectivity index (χ2n) is 9.29. The number of hydrazone groups is 1. The van der Waals surface area contributed by atoms with Gasteiger partial charge in [0.15, 0.2) is 0 Å². The van der Waals surface area contributed by atoms with Crippen molar-refractivity contribution >= 4 is 33.4 Å². The van der Waals surface area contributed by atoms with Crippen LogP contribution in [-0.2, 0) is 9.52 Å². The van der Waals surface area contributed by atoms with Gasteiger partial charge in [0.1, 0.15) is 12.3 Å². The number of rotatable bonds is 4. The molecule has 4 aliphatic rings. The number of aromatic nitrogens is 1. The maximum atomic E-state index is 12.4. The molecule has 5 atom stereocenters. The summed E-state index contributed by atoms with van der Waals surface area (Å²) in [5.41, 5.74) is 9.88. The van der Waals surface area contributed by atoms with E-state index < -0.39 is 9.52 Å². The average molecular weight is 456 g/mol. The largest absolute Gasteiger partial charge is 0.323 e. The predicted octanol–water partition coefficient (Wildman–Crippen LogP) is 0.622. The van der Waals surface area contributed by atoms with Gasteiger partial charge in [-0.25, -0.2) is 0 Å². The van der Waals surface area contributed by atoms with E-state index in [9.17, 15) is 4.21 Å². The molecular weight excluding hydrogens is 422 g/mol. The summed E-state index contributed by atoms with van der Waals surface area (Å²) in [6, 6.07) is 4.23. The van der Waals surface area contributed by atoms with Crippen molar-refractivity contribution in [3.63, 3.8) is 0 Å². The van der Waals surface area contributed by atoms with Crippen LogP contribution in [0.5, 0.6) is 0 Å². The number of nitrogens with two attached hydrogens (primary N) is 1. The molecule has 172 valence electrons. The Morgan fingerprint density at radius 3 is 2.78 bits per heavy atom. The standard InChI is InChI=1S/C23H33N7OS/c1-25-23-20(24)21(15-7-10-32(2,31)11-8-15)29-22-18(14-28-30(22)23)16-5-6-19(27-13-16)17-4-3-9-26-12-17/h4-6,12-15,18,20-23,25,29H,2-3,7-11,24H2,1H3/t15?,18?,20?,21?,22-,23?,32?/m1/s1. The molecule has 1 aromatic rings. The molecule has 5 heterocycles. The van der Waals surface area contributed by atoms with Crippen LogP contribution in [0, 0.1) is 5.92 Å². The second-order valence-corrected chi connectivity index (χ2v) is 12.0. The molecule has 4 unspecified atom stereocenters. The van der Waals surface area contributed by atoms with Gasteiger partial charge in [0.25, 0.3) is 0 Å². The zero-order chi connectivity index (χ0) is 22.3. The first-order chi connectivity index (χ1) is 15.5.